The van der Waals surface area contributed by atoms with E-state index in [2.05, 4.69) is 0 Å². The van der Waals surface area contributed by atoms with Gasteiger partial charge in [-0.2, -0.15) is 4.31 Å². The van der Waals surface area contributed by atoms with Gasteiger partial charge in [-0.05, 0) is 19.8 Å². The van der Waals surface area contributed by atoms with Crippen LogP contribution in [0.2, 0.25) is 0 Å². The molecule has 1 heterocycles. The highest BCUT2D eigenvalue weighted by atomic mass is 32.2. The lowest BCUT2D eigenvalue weighted by Crippen LogP contribution is -2.46. The monoisotopic (exact) mass is 220 g/mol. The van der Waals surface area contributed by atoms with Gasteiger partial charge in [-0.15, -0.1) is 0 Å². The van der Waals surface area contributed by atoms with Gasteiger partial charge in [0.25, 0.3) is 0 Å². The summed E-state index contributed by atoms with van der Waals surface area (Å²) in [5.74, 6) is -0.506. The highest BCUT2D eigenvalue weighted by Crippen LogP contribution is 2.24. The molecular formula is C8H16N2O3S. The van der Waals surface area contributed by atoms with Crippen LogP contribution in [0.1, 0.15) is 19.8 Å². The molecule has 0 aromatic carbocycles. The quantitative estimate of drug-likeness (QED) is 0.683. The van der Waals surface area contributed by atoms with Crippen molar-refractivity contribution < 1.29 is 13.2 Å². The maximum atomic E-state index is 11.3. The van der Waals surface area contributed by atoms with Crippen molar-refractivity contribution in [3.05, 3.63) is 0 Å². The Labute approximate surface area is 84.3 Å². The molecule has 14 heavy (non-hydrogen) atoms. The number of sulfonamides is 1. The molecule has 0 saturated carbocycles. The summed E-state index contributed by atoms with van der Waals surface area (Å²) in [6.07, 6.45) is 2.25. The third-order valence-electron chi connectivity index (χ3n) is 2.64. The van der Waals surface area contributed by atoms with E-state index in [1.54, 1.807) is 6.92 Å². The Morgan fingerprint density at radius 2 is 2.07 bits per heavy atom. The van der Waals surface area contributed by atoms with Gasteiger partial charge in [-0.1, -0.05) is 0 Å². The SMILES string of the molecule is CC1CC(C(N)=O)CCN1S(C)(=O)=O. The first-order valence-electron chi connectivity index (χ1n) is 4.58. The van der Waals surface area contributed by atoms with Gasteiger partial charge in [-0.3, -0.25) is 4.79 Å². The van der Waals surface area contributed by atoms with E-state index in [1.165, 1.54) is 10.6 Å². The molecule has 2 unspecified atom stereocenters. The third-order valence-corrected chi connectivity index (χ3v) is 4.04. The van der Waals surface area contributed by atoms with Crippen LogP contribution in [-0.4, -0.2) is 37.5 Å². The van der Waals surface area contributed by atoms with Crippen LogP contribution in [0.15, 0.2) is 0 Å². The molecule has 0 aromatic heterocycles. The second-order valence-electron chi connectivity index (χ2n) is 3.85. The van der Waals surface area contributed by atoms with E-state index in [0.717, 1.165) is 0 Å². The zero-order chi connectivity index (χ0) is 10.9. The number of rotatable bonds is 2. The van der Waals surface area contributed by atoms with Crippen LogP contribution in [0.25, 0.3) is 0 Å². The number of nitrogens with zero attached hydrogens (tertiary/aromatic N) is 1. The molecule has 0 radical (unpaired) electrons. The summed E-state index contributed by atoms with van der Waals surface area (Å²) >= 11 is 0. The van der Waals surface area contributed by atoms with Crippen molar-refractivity contribution >= 4 is 15.9 Å². The molecule has 82 valence electrons. The van der Waals surface area contributed by atoms with Crippen molar-refractivity contribution in [3.63, 3.8) is 0 Å². The molecule has 1 saturated heterocycles. The summed E-state index contributed by atoms with van der Waals surface area (Å²) in [5, 5.41) is 0. The molecular weight excluding hydrogens is 204 g/mol. The molecule has 1 rings (SSSR count). The van der Waals surface area contributed by atoms with Crippen LogP contribution in [0.5, 0.6) is 0 Å². The lowest BCUT2D eigenvalue weighted by Gasteiger charge is -2.34. The number of primary amides is 1. The Morgan fingerprint density at radius 3 is 2.43 bits per heavy atom. The topological polar surface area (TPSA) is 80.5 Å². The minimum Gasteiger partial charge on any atom is -0.369 e. The molecule has 0 aliphatic carbocycles. The standard InChI is InChI=1S/C8H16N2O3S/c1-6-5-7(8(9)11)3-4-10(6)14(2,12)13/h6-7H,3-5H2,1-2H3,(H2,9,11). The fourth-order valence-electron chi connectivity index (χ4n) is 1.90. The molecule has 1 aliphatic rings. The van der Waals surface area contributed by atoms with Gasteiger partial charge in [0.05, 0.1) is 6.26 Å². The zero-order valence-electron chi connectivity index (χ0n) is 8.43. The van der Waals surface area contributed by atoms with E-state index in [1.807, 2.05) is 0 Å². The van der Waals surface area contributed by atoms with Gasteiger partial charge in [0.15, 0.2) is 0 Å². The highest BCUT2D eigenvalue weighted by molar-refractivity contribution is 7.88. The first-order chi connectivity index (χ1) is 6.32. The van der Waals surface area contributed by atoms with E-state index < -0.39 is 10.0 Å². The average molecular weight is 220 g/mol. The van der Waals surface area contributed by atoms with Gasteiger partial charge < -0.3 is 5.73 Å². The molecule has 2 N–H and O–H groups in total. The molecule has 0 bridgehead atoms. The van der Waals surface area contributed by atoms with Crippen molar-refractivity contribution in [2.75, 3.05) is 12.8 Å². The van der Waals surface area contributed by atoms with Gasteiger partial charge in [0.2, 0.25) is 15.9 Å². The van der Waals surface area contributed by atoms with E-state index in [4.69, 9.17) is 5.73 Å². The lowest BCUT2D eigenvalue weighted by atomic mass is 9.93. The number of piperidine rings is 1. The summed E-state index contributed by atoms with van der Waals surface area (Å²) in [6.45, 7) is 2.20. The van der Waals surface area contributed by atoms with Gasteiger partial charge in [0, 0.05) is 18.5 Å². The predicted octanol–water partition coefficient (Wildman–Crippen LogP) is -0.468. The molecule has 5 nitrogen and oxygen atoms in total. The van der Waals surface area contributed by atoms with Crippen molar-refractivity contribution in [1.82, 2.24) is 4.31 Å². The smallest absolute Gasteiger partial charge is 0.220 e. The summed E-state index contributed by atoms with van der Waals surface area (Å²) in [5.41, 5.74) is 5.18. The Bertz CT molecular complexity index is 325. The maximum absolute atomic E-state index is 11.3. The third kappa shape index (κ3) is 2.45. The molecule has 1 aliphatic heterocycles. The number of hydrogen-bond acceptors (Lipinski definition) is 3. The van der Waals surface area contributed by atoms with Crippen LogP contribution in [0, 0.1) is 5.92 Å². The summed E-state index contributed by atoms with van der Waals surface area (Å²) < 4.78 is 24.0. The maximum Gasteiger partial charge on any atom is 0.220 e. The van der Waals surface area contributed by atoms with Crippen LogP contribution in [0.3, 0.4) is 0 Å². The molecule has 0 spiro atoms. The first-order valence-corrected chi connectivity index (χ1v) is 6.43. The minimum absolute atomic E-state index is 0.128. The Kier molecular flexibility index (Phi) is 3.16. The van der Waals surface area contributed by atoms with E-state index >= 15 is 0 Å². The largest absolute Gasteiger partial charge is 0.369 e. The summed E-state index contributed by atoms with van der Waals surface area (Å²) in [6, 6.07) is -0.128. The van der Waals surface area contributed by atoms with E-state index in [-0.39, 0.29) is 17.9 Å². The minimum atomic E-state index is -3.14. The van der Waals surface area contributed by atoms with Gasteiger partial charge in [-0.25, -0.2) is 8.42 Å². The van der Waals surface area contributed by atoms with Crippen LogP contribution in [-0.2, 0) is 14.8 Å². The summed E-state index contributed by atoms with van der Waals surface area (Å²) in [4.78, 5) is 10.9. The molecule has 1 fully saturated rings. The number of carbonyl (C=O) groups excluding carboxylic acids is 1. The van der Waals surface area contributed by atoms with Gasteiger partial charge >= 0.3 is 0 Å². The highest BCUT2D eigenvalue weighted by Gasteiger charge is 2.32. The van der Waals surface area contributed by atoms with Crippen molar-refractivity contribution in [2.45, 2.75) is 25.8 Å². The van der Waals surface area contributed by atoms with Crippen molar-refractivity contribution in [2.24, 2.45) is 11.7 Å². The van der Waals surface area contributed by atoms with Crippen molar-refractivity contribution in [1.29, 1.82) is 0 Å². The Morgan fingerprint density at radius 1 is 1.50 bits per heavy atom. The molecule has 6 heteroatoms. The number of nitrogens with two attached hydrogens (primary N) is 1. The first kappa shape index (κ1) is 11.5. The fourth-order valence-corrected chi connectivity index (χ4v) is 3.08. The van der Waals surface area contributed by atoms with E-state index in [9.17, 15) is 13.2 Å². The number of hydrogen-bond donors (Lipinski definition) is 1. The summed E-state index contributed by atoms with van der Waals surface area (Å²) in [7, 11) is -3.14. The Hall–Kier alpha value is -0.620. The van der Waals surface area contributed by atoms with Crippen molar-refractivity contribution in [3.8, 4) is 0 Å². The molecule has 2 atom stereocenters. The molecule has 0 aromatic rings. The fraction of sp³-hybridized carbons (Fsp3) is 0.875. The second kappa shape index (κ2) is 3.86. The van der Waals surface area contributed by atoms with Crippen LogP contribution in [0.4, 0.5) is 0 Å². The van der Waals surface area contributed by atoms with E-state index in [0.29, 0.717) is 19.4 Å². The van der Waals surface area contributed by atoms with Gasteiger partial charge in [0.1, 0.15) is 0 Å². The average Bonchev–Trinajstić information content (AvgIpc) is 2.01. The lowest BCUT2D eigenvalue weighted by molar-refractivity contribution is -0.123. The number of amides is 1. The second-order valence-corrected chi connectivity index (χ2v) is 5.78. The Balaban J connectivity index is 2.70. The van der Waals surface area contributed by atoms with Crippen LogP contribution >= 0.6 is 0 Å². The normalized spacial score (nSPS) is 30.1. The number of carbonyl (C=O) groups is 1. The zero-order valence-corrected chi connectivity index (χ0v) is 9.25. The van der Waals surface area contributed by atoms with Crippen LogP contribution < -0.4 is 5.73 Å². The predicted molar refractivity (Wildman–Crippen MR) is 52.9 cm³/mol. The molecule has 1 amide bonds.